The van der Waals surface area contributed by atoms with Crippen molar-refractivity contribution in [3.05, 3.63) is 12.2 Å². The number of rotatable bonds is 2. The molecule has 0 spiro atoms. The molecule has 1 aliphatic carbocycles. The molecule has 0 aromatic heterocycles. The monoisotopic (exact) mass is 179 g/mol. The third kappa shape index (κ3) is 1.67. The minimum Gasteiger partial charge on any atom is -0.307 e. The van der Waals surface area contributed by atoms with Crippen LogP contribution in [0.4, 0.5) is 0 Å². The summed E-state index contributed by atoms with van der Waals surface area (Å²) in [4.78, 5) is 0. The second kappa shape index (κ2) is 3.45. The smallest absolute Gasteiger partial charge is 0.0417 e. The maximum atomic E-state index is 4.19. The zero-order valence-corrected chi connectivity index (χ0v) is 8.73. The SMILES string of the molecule is C=C(C)C1(C2CC2)CCCCCN1. The highest BCUT2D eigenvalue weighted by molar-refractivity contribution is 5.20. The van der Waals surface area contributed by atoms with Crippen LogP contribution in [-0.4, -0.2) is 12.1 Å². The van der Waals surface area contributed by atoms with E-state index in [1.165, 1.54) is 50.6 Å². The van der Waals surface area contributed by atoms with Gasteiger partial charge in [0, 0.05) is 5.54 Å². The third-order valence-electron chi connectivity index (χ3n) is 3.72. The van der Waals surface area contributed by atoms with Gasteiger partial charge in [-0.15, -0.1) is 0 Å². The predicted octanol–water partition coefficient (Wildman–Crippen LogP) is 2.87. The van der Waals surface area contributed by atoms with Crippen molar-refractivity contribution in [2.75, 3.05) is 6.54 Å². The highest BCUT2D eigenvalue weighted by atomic mass is 15.0. The molecule has 1 heterocycles. The van der Waals surface area contributed by atoms with Crippen molar-refractivity contribution >= 4 is 0 Å². The van der Waals surface area contributed by atoms with E-state index < -0.39 is 0 Å². The maximum absolute atomic E-state index is 4.19. The van der Waals surface area contributed by atoms with Gasteiger partial charge in [0.25, 0.3) is 0 Å². The molecule has 1 aliphatic heterocycles. The van der Waals surface area contributed by atoms with Crippen molar-refractivity contribution in [3.8, 4) is 0 Å². The number of hydrogen-bond acceptors (Lipinski definition) is 1. The molecule has 1 nitrogen and oxygen atoms in total. The fourth-order valence-electron chi connectivity index (χ4n) is 2.74. The highest BCUT2D eigenvalue weighted by Crippen LogP contribution is 2.46. The van der Waals surface area contributed by atoms with Crippen molar-refractivity contribution in [1.29, 1.82) is 0 Å². The fourth-order valence-corrected chi connectivity index (χ4v) is 2.74. The maximum Gasteiger partial charge on any atom is 0.0417 e. The number of hydrogen-bond donors (Lipinski definition) is 1. The lowest BCUT2D eigenvalue weighted by molar-refractivity contribution is 0.328. The van der Waals surface area contributed by atoms with Crippen LogP contribution in [0, 0.1) is 5.92 Å². The molecule has 74 valence electrons. The van der Waals surface area contributed by atoms with Crippen LogP contribution in [0.3, 0.4) is 0 Å². The Kier molecular flexibility index (Phi) is 2.46. The molecule has 2 fully saturated rings. The van der Waals surface area contributed by atoms with E-state index in [4.69, 9.17) is 0 Å². The first kappa shape index (κ1) is 9.26. The molecule has 2 rings (SSSR count). The van der Waals surface area contributed by atoms with Gasteiger partial charge in [0.2, 0.25) is 0 Å². The highest BCUT2D eigenvalue weighted by Gasteiger charge is 2.45. The molecule has 0 radical (unpaired) electrons. The van der Waals surface area contributed by atoms with Gasteiger partial charge in [0.15, 0.2) is 0 Å². The Hall–Kier alpha value is -0.300. The van der Waals surface area contributed by atoms with Crippen LogP contribution in [0.15, 0.2) is 12.2 Å². The van der Waals surface area contributed by atoms with Crippen LogP contribution in [0.5, 0.6) is 0 Å². The van der Waals surface area contributed by atoms with Crippen molar-refractivity contribution in [1.82, 2.24) is 5.32 Å². The molecule has 1 saturated heterocycles. The summed E-state index contributed by atoms with van der Waals surface area (Å²) < 4.78 is 0. The van der Waals surface area contributed by atoms with E-state index in [0.29, 0.717) is 5.54 Å². The van der Waals surface area contributed by atoms with Crippen molar-refractivity contribution in [3.63, 3.8) is 0 Å². The Morgan fingerprint density at radius 1 is 1.31 bits per heavy atom. The lowest BCUT2D eigenvalue weighted by atomic mass is 9.82. The Morgan fingerprint density at radius 3 is 2.69 bits per heavy atom. The van der Waals surface area contributed by atoms with E-state index >= 15 is 0 Å². The summed E-state index contributed by atoms with van der Waals surface area (Å²) in [7, 11) is 0. The quantitative estimate of drug-likeness (QED) is 0.643. The van der Waals surface area contributed by atoms with Crippen molar-refractivity contribution < 1.29 is 0 Å². The van der Waals surface area contributed by atoms with Crippen LogP contribution < -0.4 is 5.32 Å². The Bertz CT molecular complexity index is 195. The summed E-state index contributed by atoms with van der Waals surface area (Å²) in [5, 5.41) is 3.76. The standard InChI is InChI=1S/C12H21N/c1-10(2)12(11-6-7-11)8-4-3-5-9-13-12/h11,13H,1,3-9H2,2H3. The summed E-state index contributed by atoms with van der Waals surface area (Å²) in [5.74, 6) is 0.906. The average Bonchev–Trinajstić information content (AvgIpc) is 2.92. The molecule has 0 aromatic carbocycles. The van der Waals surface area contributed by atoms with Gasteiger partial charge in [0.1, 0.15) is 0 Å². The van der Waals surface area contributed by atoms with Crippen LogP contribution in [0.2, 0.25) is 0 Å². The van der Waals surface area contributed by atoms with Gasteiger partial charge in [-0.1, -0.05) is 25.0 Å². The molecule has 1 saturated carbocycles. The first-order chi connectivity index (χ1) is 6.26. The van der Waals surface area contributed by atoms with Gasteiger partial charge < -0.3 is 5.32 Å². The first-order valence-electron chi connectivity index (χ1n) is 5.67. The van der Waals surface area contributed by atoms with Gasteiger partial charge in [-0.05, 0) is 45.1 Å². The zero-order valence-electron chi connectivity index (χ0n) is 8.73. The van der Waals surface area contributed by atoms with Crippen LogP contribution >= 0.6 is 0 Å². The Labute approximate surface area is 81.6 Å². The summed E-state index contributed by atoms with van der Waals surface area (Å²) >= 11 is 0. The fraction of sp³-hybridized carbons (Fsp3) is 0.833. The molecular formula is C12H21N. The Balaban J connectivity index is 2.14. The topological polar surface area (TPSA) is 12.0 Å². The van der Waals surface area contributed by atoms with Crippen molar-refractivity contribution in [2.24, 2.45) is 5.92 Å². The minimum absolute atomic E-state index is 0.330. The Morgan fingerprint density at radius 2 is 2.08 bits per heavy atom. The molecule has 13 heavy (non-hydrogen) atoms. The second-order valence-corrected chi connectivity index (χ2v) is 4.76. The molecule has 1 atom stereocenters. The van der Waals surface area contributed by atoms with Crippen molar-refractivity contribution in [2.45, 2.75) is 51.0 Å². The minimum atomic E-state index is 0.330. The molecule has 1 unspecified atom stereocenters. The third-order valence-corrected chi connectivity index (χ3v) is 3.72. The first-order valence-corrected chi connectivity index (χ1v) is 5.67. The second-order valence-electron chi connectivity index (χ2n) is 4.76. The number of nitrogens with one attached hydrogen (secondary N) is 1. The molecular weight excluding hydrogens is 158 g/mol. The summed E-state index contributed by atoms with van der Waals surface area (Å²) in [5.41, 5.74) is 1.70. The van der Waals surface area contributed by atoms with Gasteiger partial charge in [-0.25, -0.2) is 0 Å². The van der Waals surface area contributed by atoms with E-state index in [1.807, 2.05) is 0 Å². The van der Waals surface area contributed by atoms with E-state index in [-0.39, 0.29) is 0 Å². The molecule has 1 N–H and O–H groups in total. The van der Waals surface area contributed by atoms with Gasteiger partial charge in [0.05, 0.1) is 0 Å². The van der Waals surface area contributed by atoms with E-state index in [9.17, 15) is 0 Å². The van der Waals surface area contributed by atoms with E-state index in [1.54, 1.807) is 0 Å². The summed E-state index contributed by atoms with van der Waals surface area (Å²) in [6, 6.07) is 0. The van der Waals surface area contributed by atoms with Gasteiger partial charge in [-0.2, -0.15) is 0 Å². The van der Waals surface area contributed by atoms with Gasteiger partial charge >= 0.3 is 0 Å². The normalized spacial score (nSPS) is 35.5. The van der Waals surface area contributed by atoms with Gasteiger partial charge in [-0.3, -0.25) is 0 Å². The predicted molar refractivity (Wildman–Crippen MR) is 56.7 cm³/mol. The van der Waals surface area contributed by atoms with Crippen LogP contribution in [0.25, 0.3) is 0 Å². The molecule has 0 aromatic rings. The van der Waals surface area contributed by atoms with Crippen LogP contribution in [0.1, 0.15) is 45.4 Å². The van der Waals surface area contributed by atoms with E-state index in [0.717, 1.165) is 5.92 Å². The molecule has 2 aliphatic rings. The molecule has 1 heteroatoms. The molecule has 0 amide bonds. The lowest BCUT2D eigenvalue weighted by Crippen LogP contribution is -2.47. The zero-order chi connectivity index (χ0) is 9.31. The molecule has 0 bridgehead atoms. The largest absolute Gasteiger partial charge is 0.307 e. The van der Waals surface area contributed by atoms with E-state index in [2.05, 4.69) is 18.8 Å². The average molecular weight is 179 g/mol. The lowest BCUT2D eigenvalue weighted by Gasteiger charge is -2.35. The summed E-state index contributed by atoms with van der Waals surface area (Å²) in [6.07, 6.45) is 8.29. The van der Waals surface area contributed by atoms with Crippen LogP contribution in [-0.2, 0) is 0 Å². The summed E-state index contributed by atoms with van der Waals surface area (Å²) in [6.45, 7) is 7.59.